The first-order chi connectivity index (χ1) is 12.2. The smallest absolute Gasteiger partial charge is 0.322 e. The number of fused-ring (bicyclic) bond motifs is 1. The van der Waals surface area contributed by atoms with Crippen molar-refractivity contribution in [1.29, 1.82) is 0 Å². The molecular formula is C16H16N2O8. The summed E-state index contributed by atoms with van der Waals surface area (Å²) in [5, 5.41) is 11.1. The van der Waals surface area contributed by atoms with Crippen molar-refractivity contribution in [3.05, 3.63) is 33.9 Å². The van der Waals surface area contributed by atoms with Crippen LogP contribution in [0.4, 0.5) is 5.69 Å². The Morgan fingerprint density at radius 3 is 2.54 bits per heavy atom. The summed E-state index contributed by atoms with van der Waals surface area (Å²) in [4.78, 5) is 58.8. The summed E-state index contributed by atoms with van der Waals surface area (Å²) in [7, 11) is 0. The van der Waals surface area contributed by atoms with Crippen LogP contribution in [-0.4, -0.2) is 35.2 Å². The normalized spacial score (nSPS) is 19.7. The minimum absolute atomic E-state index is 0.00384. The molecule has 10 heteroatoms. The molecule has 1 aliphatic rings. The van der Waals surface area contributed by atoms with E-state index in [0.717, 1.165) is 25.1 Å². The van der Waals surface area contributed by atoms with E-state index in [1.165, 1.54) is 6.92 Å². The Labute approximate surface area is 147 Å². The van der Waals surface area contributed by atoms with E-state index in [2.05, 4.69) is 0 Å². The Morgan fingerprint density at radius 1 is 1.38 bits per heavy atom. The molecule has 0 spiro atoms. The first kappa shape index (κ1) is 19.0. The van der Waals surface area contributed by atoms with Crippen molar-refractivity contribution in [2.45, 2.75) is 19.8 Å². The fraction of sp³-hybridized carbons (Fsp3) is 0.375. The lowest BCUT2D eigenvalue weighted by atomic mass is 9.73. The Bertz CT molecular complexity index is 803. The summed E-state index contributed by atoms with van der Waals surface area (Å²) < 4.78 is 9.89. The van der Waals surface area contributed by atoms with Crippen LogP contribution in [0.25, 0.3) is 0 Å². The number of nitrogens with zero attached hydrogens (tertiary/aromatic N) is 1. The number of carbonyl (C=O) groups excluding carboxylic acids is 4. The zero-order valence-corrected chi connectivity index (χ0v) is 14.0. The highest BCUT2D eigenvalue weighted by Crippen LogP contribution is 2.44. The van der Waals surface area contributed by atoms with Crippen LogP contribution in [0, 0.1) is 22.0 Å². The summed E-state index contributed by atoms with van der Waals surface area (Å²) in [6, 6.07) is 3.32. The number of ether oxygens (including phenoxy) is 2. The van der Waals surface area contributed by atoms with Gasteiger partial charge < -0.3 is 15.2 Å². The van der Waals surface area contributed by atoms with E-state index in [1.54, 1.807) is 0 Å². The van der Waals surface area contributed by atoms with Gasteiger partial charge in [0.1, 0.15) is 23.4 Å². The minimum atomic E-state index is -1.68. The number of hydrogen-bond donors (Lipinski definition) is 1. The number of nitrogens with two attached hydrogens (primary N) is 1. The molecular weight excluding hydrogens is 348 g/mol. The average Bonchev–Trinajstić information content (AvgIpc) is 2.53. The maximum absolute atomic E-state index is 12.3. The highest BCUT2D eigenvalue weighted by atomic mass is 16.6. The first-order valence-corrected chi connectivity index (χ1v) is 7.65. The second-order valence-corrected chi connectivity index (χ2v) is 5.65. The number of non-ortho nitro benzene ring substituents is 1. The molecule has 1 aliphatic heterocycles. The van der Waals surface area contributed by atoms with Crippen LogP contribution in [0.1, 0.15) is 25.3 Å². The van der Waals surface area contributed by atoms with Gasteiger partial charge in [0.05, 0.1) is 11.5 Å². The number of primary amides is 1. The number of amides is 1. The quantitative estimate of drug-likeness (QED) is 0.251. The van der Waals surface area contributed by atoms with Crippen LogP contribution in [0.2, 0.25) is 0 Å². The molecule has 0 fully saturated rings. The predicted molar refractivity (Wildman–Crippen MR) is 85.0 cm³/mol. The van der Waals surface area contributed by atoms with Crippen molar-refractivity contribution in [2.24, 2.45) is 17.6 Å². The molecule has 1 heterocycles. The lowest BCUT2D eigenvalue weighted by Crippen LogP contribution is -2.46. The first-order valence-electron chi connectivity index (χ1n) is 7.65. The van der Waals surface area contributed by atoms with Gasteiger partial charge in [-0.05, 0) is 19.9 Å². The lowest BCUT2D eigenvalue weighted by Gasteiger charge is -2.33. The van der Waals surface area contributed by atoms with E-state index >= 15 is 0 Å². The van der Waals surface area contributed by atoms with E-state index < -0.39 is 46.3 Å². The number of nitro benzene ring substituents is 1. The third-order valence-corrected chi connectivity index (χ3v) is 4.03. The van der Waals surface area contributed by atoms with Crippen molar-refractivity contribution >= 4 is 29.3 Å². The molecule has 0 radical (unpaired) electrons. The summed E-state index contributed by atoms with van der Waals surface area (Å²) in [5.41, 5.74) is 4.96. The number of esters is 2. The topological polar surface area (TPSA) is 156 Å². The second kappa shape index (κ2) is 7.30. The summed E-state index contributed by atoms with van der Waals surface area (Å²) in [6.45, 7) is 2.53. The summed E-state index contributed by atoms with van der Waals surface area (Å²) >= 11 is 0. The number of nitro groups is 1. The van der Waals surface area contributed by atoms with Gasteiger partial charge in [0.2, 0.25) is 5.91 Å². The van der Waals surface area contributed by atoms with Gasteiger partial charge in [-0.15, -0.1) is 0 Å². The standard InChI is InChI=1S/C16H16N2O8/c1-3-25-15(21)13(14(17)20)12-9-6-8(18(23)24)4-5-10(9)26-16(22)11(12)7(2)19/h4-6,11-13H,3H2,1-2H3,(H2,17,20). The van der Waals surface area contributed by atoms with Gasteiger partial charge in [-0.2, -0.15) is 0 Å². The predicted octanol–water partition coefficient (Wildman–Crippen LogP) is 0.467. The zero-order chi connectivity index (χ0) is 19.6. The van der Waals surface area contributed by atoms with E-state index in [4.69, 9.17) is 15.2 Å². The highest BCUT2D eigenvalue weighted by molar-refractivity contribution is 6.05. The van der Waals surface area contributed by atoms with Crippen LogP contribution in [0.3, 0.4) is 0 Å². The third-order valence-electron chi connectivity index (χ3n) is 4.03. The van der Waals surface area contributed by atoms with E-state index in [-0.39, 0.29) is 23.6 Å². The van der Waals surface area contributed by atoms with Gasteiger partial charge in [0.25, 0.3) is 5.69 Å². The molecule has 2 rings (SSSR count). The van der Waals surface area contributed by atoms with Crippen LogP contribution >= 0.6 is 0 Å². The molecule has 26 heavy (non-hydrogen) atoms. The second-order valence-electron chi connectivity index (χ2n) is 5.65. The Balaban J connectivity index is 2.71. The van der Waals surface area contributed by atoms with Gasteiger partial charge in [0, 0.05) is 23.6 Å². The molecule has 1 aromatic carbocycles. The SMILES string of the molecule is CCOC(=O)C(C(N)=O)C1c2cc([N+](=O)[O-])ccc2OC(=O)C1C(C)=O. The number of hydrogen-bond acceptors (Lipinski definition) is 8. The van der Waals surface area contributed by atoms with E-state index in [0.29, 0.717) is 0 Å². The molecule has 0 saturated heterocycles. The molecule has 138 valence electrons. The number of carbonyl (C=O) groups is 4. The molecule has 10 nitrogen and oxygen atoms in total. The van der Waals surface area contributed by atoms with Crippen LogP contribution in [-0.2, 0) is 23.9 Å². The molecule has 3 unspecified atom stereocenters. The maximum atomic E-state index is 12.3. The van der Waals surface area contributed by atoms with Gasteiger partial charge in [0.15, 0.2) is 0 Å². The van der Waals surface area contributed by atoms with Gasteiger partial charge in [-0.1, -0.05) is 0 Å². The fourth-order valence-electron chi connectivity index (χ4n) is 2.96. The van der Waals surface area contributed by atoms with E-state index in [1.807, 2.05) is 0 Å². The molecule has 1 aromatic rings. The molecule has 0 bridgehead atoms. The van der Waals surface area contributed by atoms with Gasteiger partial charge in [-0.3, -0.25) is 29.3 Å². The molecule has 0 aromatic heterocycles. The maximum Gasteiger partial charge on any atom is 0.322 e. The molecule has 0 aliphatic carbocycles. The van der Waals surface area contributed by atoms with Crippen molar-refractivity contribution in [2.75, 3.05) is 6.61 Å². The van der Waals surface area contributed by atoms with Gasteiger partial charge in [-0.25, -0.2) is 0 Å². The van der Waals surface area contributed by atoms with Crippen molar-refractivity contribution in [3.8, 4) is 5.75 Å². The number of Topliss-reactive ketones (excluding diaryl/α,β-unsaturated/α-hetero) is 1. The number of ketones is 1. The summed E-state index contributed by atoms with van der Waals surface area (Å²) in [5.74, 6) is -8.44. The summed E-state index contributed by atoms with van der Waals surface area (Å²) in [6.07, 6.45) is 0. The fourth-order valence-corrected chi connectivity index (χ4v) is 2.96. The van der Waals surface area contributed by atoms with Crippen LogP contribution < -0.4 is 10.5 Å². The molecule has 0 saturated carbocycles. The zero-order valence-electron chi connectivity index (χ0n) is 14.0. The molecule has 1 amide bonds. The minimum Gasteiger partial charge on any atom is -0.465 e. The lowest BCUT2D eigenvalue weighted by molar-refractivity contribution is -0.385. The Hall–Kier alpha value is -3.30. The number of benzene rings is 1. The van der Waals surface area contributed by atoms with E-state index in [9.17, 15) is 29.3 Å². The van der Waals surface area contributed by atoms with Crippen molar-refractivity contribution < 1.29 is 33.6 Å². The van der Waals surface area contributed by atoms with Gasteiger partial charge >= 0.3 is 11.9 Å². The number of rotatable bonds is 6. The van der Waals surface area contributed by atoms with Crippen LogP contribution in [0.5, 0.6) is 5.75 Å². The Kier molecular flexibility index (Phi) is 5.34. The molecule has 2 N–H and O–H groups in total. The third kappa shape index (κ3) is 3.39. The highest BCUT2D eigenvalue weighted by Gasteiger charge is 2.50. The monoisotopic (exact) mass is 364 g/mol. The van der Waals surface area contributed by atoms with Crippen molar-refractivity contribution in [1.82, 2.24) is 0 Å². The largest absolute Gasteiger partial charge is 0.465 e. The van der Waals surface area contributed by atoms with Crippen molar-refractivity contribution in [3.63, 3.8) is 0 Å². The molecule has 3 atom stereocenters. The van der Waals surface area contributed by atoms with Crippen LogP contribution in [0.15, 0.2) is 18.2 Å². The Morgan fingerprint density at radius 2 is 2.04 bits per heavy atom. The average molecular weight is 364 g/mol.